The van der Waals surface area contributed by atoms with Crippen LogP contribution in [0.1, 0.15) is 38.9 Å². The van der Waals surface area contributed by atoms with E-state index in [9.17, 15) is 0 Å². The van der Waals surface area contributed by atoms with Crippen molar-refractivity contribution in [3.63, 3.8) is 0 Å². The lowest BCUT2D eigenvalue weighted by Gasteiger charge is -2.03. The maximum atomic E-state index is 5.42. The lowest BCUT2D eigenvalue weighted by Crippen LogP contribution is -2.23. The van der Waals surface area contributed by atoms with Crippen molar-refractivity contribution >= 4 is 27.8 Å². The first-order valence-electron chi connectivity index (χ1n) is 11.4. The van der Waals surface area contributed by atoms with Crippen LogP contribution >= 0.6 is 15.9 Å². The first-order chi connectivity index (χ1) is 17.3. The monoisotopic (exact) mass is 540 g/mol. The summed E-state index contributed by atoms with van der Waals surface area (Å²) in [6.07, 6.45) is 1.48. The smallest absolute Gasteiger partial charge is 0.185 e. The second-order valence-electron chi connectivity index (χ2n) is 8.25. The number of guanidine groups is 2. The van der Waals surface area contributed by atoms with Crippen molar-refractivity contribution in [2.45, 2.75) is 19.8 Å². The summed E-state index contributed by atoms with van der Waals surface area (Å²) in [6.45, 7) is 3.14. The fraction of sp³-hybridized carbons (Fsp3) is 0.172. The lowest BCUT2D eigenvalue weighted by molar-refractivity contribution is 0.959. The van der Waals surface area contributed by atoms with Crippen LogP contribution in [0.2, 0.25) is 0 Å². The minimum Gasteiger partial charge on any atom is -0.370 e. The van der Waals surface area contributed by atoms with Gasteiger partial charge < -0.3 is 22.9 Å². The SMILES string of the molecule is Cc1cc(C#Cc2cccc(C#Cc3cc(Br)cc(CCN=C(N)N)c3)c2)cc(CCN=C(N)N)c1. The number of halogens is 1. The maximum absolute atomic E-state index is 5.42. The number of benzene rings is 3. The van der Waals surface area contributed by atoms with Gasteiger partial charge in [0.25, 0.3) is 0 Å². The predicted molar refractivity (Wildman–Crippen MR) is 152 cm³/mol. The molecule has 0 bridgehead atoms. The van der Waals surface area contributed by atoms with Crippen molar-refractivity contribution in [3.8, 4) is 23.7 Å². The first kappa shape index (κ1) is 26.4. The van der Waals surface area contributed by atoms with Crippen molar-refractivity contribution < 1.29 is 0 Å². The van der Waals surface area contributed by atoms with Crippen LogP contribution in [-0.2, 0) is 12.8 Å². The quantitative estimate of drug-likeness (QED) is 0.217. The second-order valence-corrected chi connectivity index (χ2v) is 9.17. The minimum atomic E-state index is 0.0960. The molecule has 36 heavy (non-hydrogen) atoms. The Morgan fingerprint density at radius 3 is 1.72 bits per heavy atom. The van der Waals surface area contributed by atoms with Crippen molar-refractivity contribution in [3.05, 3.63) is 104 Å². The van der Waals surface area contributed by atoms with Crippen LogP contribution in [0.5, 0.6) is 0 Å². The fourth-order valence-electron chi connectivity index (χ4n) is 3.54. The van der Waals surface area contributed by atoms with Gasteiger partial charge in [-0.2, -0.15) is 0 Å². The molecule has 0 aromatic heterocycles. The third-order valence-corrected chi connectivity index (χ3v) is 5.51. The molecule has 3 aromatic rings. The van der Waals surface area contributed by atoms with E-state index < -0.39 is 0 Å². The normalized spacial score (nSPS) is 9.83. The van der Waals surface area contributed by atoms with Gasteiger partial charge in [-0.3, -0.25) is 9.98 Å². The van der Waals surface area contributed by atoms with Crippen molar-refractivity contribution in [1.82, 2.24) is 0 Å². The molecule has 0 aliphatic rings. The molecule has 0 fully saturated rings. The molecule has 0 heterocycles. The number of nitrogens with two attached hydrogens (primary N) is 4. The van der Waals surface area contributed by atoms with Gasteiger partial charge in [0.2, 0.25) is 0 Å². The van der Waals surface area contributed by atoms with E-state index in [2.05, 4.69) is 74.7 Å². The minimum absolute atomic E-state index is 0.0960. The van der Waals surface area contributed by atoms with E-state index in [0.717, 1.165) is 56.3 Å². The molecule has 0 amide bonds. The molecule has 0 saturated heterocycles. The molecular formula is C29H29BrN6. The highest BCUT2D eigenvalue weighted by Crippen LogP contribution is 2.16. The van der Waals surface area contributed by atoms with Gasteiger partial charge in [0, 0.05) is 39.8 Å². The zero-order chi connectivity index (χ0) is 25.9. The van der Waals surface area contributed by atoms with Crippen molar-refractivity contribution in [2.24, 2.45) is 32.9 Å². The topological polar surface area (TPSA) is 129 Å². The number of aryl methyl sites for hydroxylation is 1. The van der Waals surface area contributed by atoms with Gasteiger partial charge in [0.05, 0.1) is 0 Å². The summed E-state index contributed by atoms with van der Waals surface area (Å²) in [5, 5.41) is 0. The summed E-state index contributed by atoms with van der Waals surface area (Å²) in [5.74, 6) is 13.2. The maximum Gasteiger partial charge on any atom is 0.185 e. The Morgan fingerprint density at radius 1 is 0.667 bits per heavy atom. The molecular weight excluding hydrogens is 512 g/mol. The van der Waals surface area contributed by atoms with Crippen LogP contribution in [0.4, 0.5) is 0 Å². The molecule has 0 aliphatic heterocycles. The van der Waals surface area contributed by atoms with Crippen LogP contribution in [0, 0.1) is 30.6 Å². The molecule has 3 rings (SSSR count). The average Bonchev–Trinajstić information content (AvgIpc) is 2.81. The third-order valence-electron chi connectivity index (χ3n) is 5.05. The summed E-state index contributed by atoms with van der Waals surface area (Å²) in [6, 6.07) is 20.3. The van der Waals surface area contributed by atoms with Gasteiger partial charge in [-0.1, -0.05) is 51.7 Å². The van der Waals surface area contributed by atoms with E-state index in [0.29, 0.717) is 13.1 Å². The van der Waals surface area contributed by atoms with Crippen LogP contribution in [0.3, 0.4) is 0 Å². The number of nitrogens with zero attached hydrogens (tertiary/aromatic N) is 2. The largest absolute Gasteiger partial charge is 0.370 e. The van der Waals surface area contributed by atoms with Gasteiger partial charge in [0.15, 0.2) is 11.9 Å². The molecule has 0 atom stereocenters. The van der Waals surface area contributed by atoms with E-state index in [1.807, 2.05) is 42.5 Å². The first-order valence-corrected chi connectivity index (χ1v) is 12.2. The molecule has 0 aliphatic carbocycles. The lowest BCUT2D eigenvalue weighted by atomic mass is 10.0. The van der Waals surface area contributed by atoms with E-state index in [-0.39, 0.29) is 11.9 Å². The van der Waals surface area contributed by atoms with Gasteiger partial charge in [0.1, 0.15) is 0 Å². The standard InChI is InChI=1S/C29H29BrN6/c1-20-13-23(16-25(14-20)9-11-35-28(31)32)7-5-21-3-2-4-22(15-21)6-8-24-17-26(19-27(30)18-24)10-12-36-29(33)34/h2-4,13-19H,9-12H2,1H3,(H4,31,32,35)(H4,33,34,36). The molecule has 0 spiro atoms. The molecule has 182 valence electrons. The van der Waals surface area contributed by atoms with E-state index in [1.54, 1.807) is 0 Å². The highest BCUT2D eigenvalue weighted by Gasteiger charge is 2.00. The highest BCUT2D eigenvalue weighted by molar-refractivity contribution is 9.10. The van der Waals surface area contributed by atoms with Crippen LogP contribution < -0.4 is 22.9 Å². The van der Waals surface area contributed by atoms with Crippen molar-refractivity contribution in [2.75, 3.05) is 13.1 Å². The van der Waals surface area contributed by atoms with Gasteiger partial charge >= 0.3 is 0 Å². The fourth-order valence-corrected chi connectivity index (χ4v) is 4.08. The number of hydrogen-bond donors (Lipinski definition) is 4. The van der Waals surface area contributed by atoms with Crippen LogP contribution in [0.15, 0.2) is 75.1 Å². The summed E-state index contributed by atoms with van der Waals surface area (Å²) >= 11 is 3.56. The zero-order valence-corrected chi connectivity index (χ0v) is 21.8. The Kier molecular flexibility index (Phi) is 9.56. The highest BCUT2D eigenvalue weighted by atomic mass is 79.9. The average molecular weight is 541 g/mol. The summed E-state index contributed by atoms with van der Waals surface area (Å²) in [7, 11) is 0. The Labute approximate surface area is 221 Å². The van der Waals surface area contributed by atoms with Gasteiger partial charge in [-0.25, -0.2) is 0 Å². The van der Waals surface area contributed by atoms with E-state index >= 15 is 0 Å². The number of hydrogen-bond acceptors (Lipinski definition) is 2. The summed E-state index contributed by atoms with van der Waals surface area (Å²) in [5.41, 5.74) is 28.7. The Bertz CT molecular complexity index is 1300. The molecule has 6 nitrogen and oxygen atoms in total. The summed E-state index contributed by atoms with van der Waals surface area (Å²) < 4.78 is 0.962. The van der Waals surface area contributed by atoms with Crippen LogP contribution in [0.25, 0.3) is 0 Å². The third kappa shape index (κ3) is 9.21. The van der Waals surface area contributed by atoms with Gasteiger partial charge in [-0.05, 0) is 85.0 Å². The van der Waals surface area contributed by atoms with Gasteiger partial charge in [-0.15, -0.1) is 0 Å². The number of aliphatic imine (C=N–C) groups is 2. The van der Waals surface area contributed by atoms with Crippen molar-refractivity contribution in [1.29, 1.82) is 0 Å². The Morgan fingerprint density at radius 2 is 1.17 bits per heavy atom. The predicted octanol–water partition coefficient (Wildman–Crippen LogP) is 3.19. The molecule has 0 saturated carbocycles. The summed E-state index contributed by atoms with van der Waals surface area (Å²) in [4.78, 5) is 8.10. The molecule has 7 heteroatoms. The second kappa shape index (κ2) is 13.0. The van der Waals surface area contributed by atoms with E-state index in [4.69, 9.17) is 22.9 Å². The Hall–Kier alpha value is -4.20. The molecule has 0 radical (unpaired) electrons. The Balaban J connectivity index is 1.75. The molecule has 3 aromatic carbocycles. The van der Waals surface area contributed by atoms with Crippen LogP contribution in [-0.4, -0.2) is 25.0 Å². The van der Waals surface area contributed by atoms with E-state index in [1.165, 1.54) is 0 Å². The molecule has 0 unspecified atom stereocenters. The molecule has 8 N–H and O–H groups in total. The zero-order valence-electron chi connectivity index (χ0n) is 20.2. The number of rotatable bonds is 6.